The number of carbonyl (C=O) groups excluding carboxylic acids is 1. The summed E-state index contributed by atoms with van der Waals surface area (Å²) in [6.45, 7) is 5.49. The minimum absolute atomic E-state index is 0.0113. The molecule has 0 fully saturated rings. The number of hydrogen-bond acceptors (Lipinski definition) is 3. The van der Waals surface area contributed by atoms with E-state index in [2.05, 4.69) is 0 Å². The molecule has 0 saturated heterocycles. The summed E-state index contributed by atoms with van der Waals surface area (Å²) in [6.07, 6.45) is 2.51. The summed E-state index contributed by atoms with van der Waals surface area (Å²) < 4.78 is 5.27. The normalized spacial score (nSPS) is 11.8. The SMILES string of the molecule is CCCC(=O)C=C(O)c1cc(C)oc1C. The van der Waals surface area contributed by atoms with Gasteiger partial charge in [0.25, 0.3) is 0 Å². The van der Waals surface area contributed by atoms with Crippen molar-refractivity contribution in [3.05, 3.63) is 29.2 Å². The Morgan fingerprint density at radius 3 is 2.67 bits per heavy atom. The van der Waals surface area contributed by atoms with Crippen LogP contribution in [-0.2, 0) is 4.79 Å². The van der Waals surface area contributed by atoms with Crippen molar-refractivity contribution >= 4 is 11.5 Å². The Morgan fingerprint density at radius 2 is 2.20 bits per heavy atom. The quantitative estimate of drug-likeness (QED) is 0.610. The lowest BCUT2D eigenvalue weighted by atomic mass is 10.1. The number of aryl methyl sites for hydroxylation is 2. The van der Waals surface area contributed by atoms with Crippen LogP contribution in [0.4, 0.5) is 0 Å². The summed E-state index contributed by atoms with van der Waals surface area (Å²) in [6, 6.07) is 1.72. The van der Waals surface area contributed by atoms with Gasteiger partial charge in [-0.3, -0.25) is 4.79 Å². The molecule has 0 aromatic carbocycles. The summed E-state index contributed by atoms with van der Waals surface area (Å²) in [5.74, 6) is 1.28. The van der Waals surface area contributed by atoms with E-state index < -0.39 is 0 Å². The summed E-state index contributed by atoms with van der Waals surface area (Å²) in [7, 11) is 0. The van der Waals surface area contributed by atoms with E-state index >= 15 is 0 Å². The Labute approximate surface area is 89.4 Å². The van der Waals surface area contributed by atoms with E-state index in [0.717, 1.165) is 12.2 Å². The minimum atomic E-state index is -0.0618. The van der Waals surface area contributed by atoms with Crippen molar-refractivity contribution in [3.63, 3.8) is 0 Å². The van der Waals surface area contributed by atoms with E-state index in [0.29, 0.717) is 17.7 Å². The van der Waals surface area contributed by atoms with Crippen molar-refractivity contribution in [2.24, 2.45) is 0 Å². The summed E-state index contributed by atoms with van der Waals surface area (Å²) in [4.78, 5) is 11.3. The van der Waals surface area contributed by atoms with Crippen LogP contribution in [0.5, 0.6) is 0 Å². The highest BCUT2D eigenvalue weighted by Crippen LogP contribution is 2.20. The molecule has 0 aliphatic carbocycles. The second-order valence-electron chi connectivity index (χ2n) is 3.57. The van der Waals surface area contributed by atoms with Gasteiger partial charge in [-0.05, 0) is 26.3 Å². The third-order valence-corrected chi connectivity index (χ3v) is 2.11. The first-order chi connectivity index (χ1) is 7.04. The molecule has 0 atom stereocenters. The van der Waals surface area contributed by atoms with Gasteiger partial charge in [-0.25, -0.2) is 0 Å². The highest BCUT2D eigenvalue weighted by atomic mass is 16.3. The number of aliphatic hydroxyl groups is 1. The fourth-order valence-electron chi connectivity index (χ4n) is 1.43. The largest absolute Gasteiger partial charge is 0.507 e. The number of aliphatic hydroxyl groups excluding tert-OH is 1. The Hall–Kier alpha value is -1.51. The molecule has 3 heteroatoms. The maximum absolute atomic E-state index is 11.3. The molecular formula is C12H16O3. The van der Waals surface area contributed by atoms with Gasteiger partial charge in [-0.1, -0.05) is 6.92 Å². The molecule has 1 aromatic heterocycles. The van der Waals surface area contributed by atoms with Crippen molar-refractivity contribution in [2.45, 2.75) is 33.6 Å². The van der Waals surface area contributed by atoms with Gasteiger partial charge in [0.1, 0.15) is 17.3 Å². The van der Waals surface area contributed by atoms with E-state index in [4.69, 9.17) is 4.42 Å². The van der Waals surface area contributed by atoms with Gasteiger partial charge in [-0.2, -0.15) is 0 Å². The first kappa shape index (κ1) is 11.6. The second-order valence-corrected chi connectivity index (χ2v) is 3.57. The van der Waals surface area contributed by atoms with Crippen LogP contribution in [-0.4, -0.2) is 10.9 Å². The van der Waals surface area contributed by atoms with Gasteiger partial charge < -0.3 is 9.52 Å². The highest BCUT2D eigenvalue weighted by molar-refractivity contribution is 5.95. The third-order valence-electron chi connectivity index (χ3n) is 2.11. The average Bonchev–Trinajstić information content (AvgIpc) is 2.45. The number of ketones is 1. The van der Waals surface area contributed by atoms with E-state index in [1.165, 1.54) is 6.08 Å². The summed E-state index contributed by atoms with van der Waals surface area (Å²) in [5, 5.41) is 9.69. The predicted molar refractivity (Wildman–Crippen MR) is 58.7 cm³/mol. The van der Waals surface area contributed by atoms with Crippen molar-refractivity contribution in [3.8, 4) is 0 Å². The smallest absolute Gasteiger partial charge is 0.159 e. The monoisotopic (exact) mass is 208 g/mol. The minimum Gasteiger partial charge on any atom is -0.507 e. The molecule has 0 bridgehead atoms. The Morgan fingerprint density at radius 1 is 1.53 bits per heavy atom. The fraction of sp³-hybridized carbons (Fsp3) is 0.417. The topological polar surface area (TPSA) is 50.4 Å². The van der Waals surface area contributed by atoms with Crippen LogP contribution in [0, 0.1) is 13.8 Å². The van der Waals surface area contributed by atoms with Gasteiger partial charge in [0.2, 0.25) is 0 Å². The molecule has 1 aromatic rings. The molecule has 0 saturated carbocycles. The van der Waals surface area contributed by atoms with Crippen LogP contribution in [0.15, 0.2) is 16.6 Å². The van der Waals surface area contributed by atoms with Crippen molar-refractivity contribution in [1.29, 1.82) is 0 Å². The van der Waals surface area contributed by atoms with E-state index in [-0.39, 0.29) is 11.5 Å². The molecule has 15 heavy (non-hydrogen) atoms. The van der Waals surface area contributed by atoms with Crippen LogP contribution in [0.1, 0.15) is 36.8 Å². The zero-order valence-electron chi connectivity index (χ0n) is 9.33. The van der Waals surface area contributed by atoms with Crippen molar-refractivity contribution < 1.29 is 14.3 Å². The van der Waals surface area contributed by atoms with Gasteiger partial charge >= 0.3 is 0 Å². The molecule has 0 radical (unpaired) electrons. The van der Waals surface area contributed by atoms with E-state index in [1.807, 2.05) is 6.92 Å². The molecule has 0 spiro atoms. The Kier molecular flexibility index (Phi) is 3.72. The zero-order valence-corrected chi connectivity index (χ0v) is 9.33. The van der Waals surface area contributed by atoms with Crippen molar-refractivity contribution in [1.82, 2.24) is 0 Å². The molecule has 3 nitrogen and oxygen atoms in total. The average molecular weight is 208 g/mol. The second kappa shape index (κ2) is 4.82. The lowest BCUT2D eigenvalue weighted by Gasteiger charge is -1.96. The van der Waals surface area contributed by atoms with Crippen LogP contribution >= 0.6 is 0 Å². The summed E-state index contributed by atoms with van der Waals surface area (Å²) in [5.41, 5.74) is 0.594. The number of furan rings is 1. The number of allylic oxidation sites excluding steroid dienone is 1. The molecule has 1 N–H and O–H groups in total. The van der Waals surface area contributed by atoms with Gasteiger partial charge in [-0.15, -0.1) is 0 Å². The number of hydrogen-bond donors (Lipinski definition) is 1. The zero-order chi connectivity index (χ0) is 11.4. The molecule has 1 heterocycles. The third kappa shape index (κ3) is 2.98. The Bertz CT molecular complexity index is 386. The van der Waals surface area contributed by atoms with Crippen LogP contribution in [0.3, 0.4) is 0 Å². The van der Waals surface area contributed by atoms with E-state index in [1.54, 1.807) is 19.9 Å². The molecule has 1 rings (SSSR count). The lowest BCUT2D eigenvalue weighted by molar-refractivity contribution is -0.114. The van der Waals surface area contributed by atoms with Gasteiger partial charge in [0.15, 0.2) is 5.78 Å². The number of rotatable bonds is 4. The van der Waals surface area contributed by atoms with Crippen LogP contribution in [0.2, 0.25) is 0 Å². The van der Waals surface area contributed by atoms with Gasteiger partial charge in [0.05, 0.1) is 5.56 Å². The molecular weight excluding hydrogens is 192 g/mol. The Balaban J connectivity index is 2.88. The molecule has 0 unspecified atom stereocenters. The molecule has 82 valence electrons. The standard InChI is InChI=1S/C12H16O3/c1-4-5-10(13)7-12(14)11-6-8(2)15-9(11)3/h6-7,14H,4-5H2,1-3H3. The summed E-state index contributed by atoms with van der Waals surface area (Å²) >= 11 is 0. The molecule has 0 aliphatic heterocycles. The van der Waals surface area contributed by atoms with Crippen molar-refractivity contribution in [2.75, 3.05) is 0 Å². The van der Waals surface area contributed by atoms with Crippen LogP contribution in [0.25, 0.3) is 5.76 Å². The lowest BCUT2D eigenvalue weighted by Crippen LogP contribution is -1.94. The first-order valence-electron chi connectivity index (χ1n) is 5.05. The maximum atomic E-state index is 11.3. The maximum Gasteiger partial charge on any atom is 0.159 e. The fourth-order valence-corrected chi connectivity index (χ4v) is 1.43. The van der Waals surface area contributed by atoms with Crippen LogP contribution < -0.4 is 0 Å². The predicted octanol–water partition coefficient (Wildman–Crippen LogP) is 3.16. The number of carbonyl (C=O) groups is 1. The highest BCUT2D eigenvalue weighted by Gasteiger charge is 2.09. The molecule has 0 aliphatic rings. The van der Waals surface area contributed by atoms with E-state index in [9.17, 15) is 9.90 Å². The molecule has 0 amide bonds. The first-order valence-corrected chi connectivity index (χ1v) is 5.05. The van der Waals surface area contributed by atoms with Gasteiger partial charge in [0, 0.05) is 12.5 Å².